The molecule has 0 saturated heterocycles. The second-order valence-electron chi connectivity index (χ2n) is 3.68. The molecule has 1 aromatic carbocycles. The van der Waals surface area contributed by atoms with Gasteiger partial charge in [0.25, 0.3) is 0 Å². The van der Waals surface area contributed by atoms with Gasteiger partial charge in [0.15, 0.2) is 0 Å². The van der Waals surface area contributed by atoms with E-state index < -0.39 is 0 Å². The number of halogens is 1. The lowest BCUT2D eigenvalue weighted by Crippen LogP contribution is -2.13. The zero-order valence-corrected chi connectivity index (χ0v) is 9.61. The zero-order chi connectivity index (χ0) is 12.1. The smallest absolute Gasteiger partial charge is 0.247 e. The van der Waals surface area contributed by atoms with Crippen LogP contribution in [-0.2, 0) is 6.54 Å². The van der Waals surface area contributed by atoms with Crippen LogP contribution in [0.25, 0.3) is 11.5 Å². The Balaban J connectivity index is 2.04. The number of nitrogens with zero attached hydrogens (tertiary/aromatic N) is 2. The first-order valence-electron chi connectivity index (χ1n) is 5.58. The molecule has 90 valence electrons. The second kappa shape index (κ2) is 5.54. The Morgan fingerprint density at radius 3 is 2.71 bits per heavy atom. The van der Waals surface area contributed by atoms with Crippen molar-refractivity contribution in [3.8, 4) is 11.5 Å². The molecule has 0 fully saturated rings. The molecule has 0 spiro atoms. The fourth-order valence-electron chi connectivity index (χ4n) is 1.41. The van der Waals surface area contributed by atoms with E-state index in [0.717, 1.165) is 18.5 Å². The Morgan fingerprint density at radius 2 is 2.00 bits per heavy atom. The van der Waals surface area contributed by atoms with Gasteiger partial charge in [0, 0.05) is 5.56 Å². The van der Waals surface area contributed by atoms with Crippen molar-refractivity contribution in [2.24, 2.45) is 0 Å². The van der Waals surface area contributed by atoms with Gasteiger partial charge in [0.2, 0.25) is 11.8 Å². The lowest BCUT2D eigenvalue weighted by molar-refractivity contribution is 0.477. The molecular weight excluding hydrogens is 221 g/mol. The first-order chi connectivity index (χ1) is 8.29. The van der Waals surface area contributed by atoms with E-state index in [2.05, 4.69) is 22.4 Å². The van der Waals surface area contributed by atoms with Gasteiger partial charge in [-0.25, -0.2) is 4.39 Å². The number of benzene rings is 1. The van der Waals surface area contributed by atoms with E-state index in [1.54, 1.807) is 12.1 Å². The average Bonchev–Trinajstić information content (AvgIpc) is 2.79. The van der Waals surface area contributed by atoms with Crippen molar-refractivity contribution in [2.45, 2.75) is 19.9 Å². The van der Waals surface area contributed by atoms with Crippen LogP contribution in [0.2, 0.25) is 0 Å². The van der Waals surface area contributed by atoms with Gasteiger partial charge in [-0.05, 0) is 37.2 Å². The molecule has 17 heavy (non-hydrogen) atoms. The maximum absolute atomic E-state index is 12.7. The van der Waals surface area contributed by atoms with Crippen molar-refractivity contribution in [3.05, 3.63) is 36.0 Å². The molecule has 0 saturated carbocycles. The van der Waals surface area contributed by atoms with Crippen LogP contribution in [-0.4, -0.2) is 16.7 Å². The summed E-state index contributed by atoms with van der Waals surface area (Å²) in [4.78, 5) is 0. The molecule has 2 aromatic rings. The van der Waals surface area contributed by atoms with Gasteiger partial charge in [0.1, 0.15) is 5.82 Å². The Labute approximate surface area is 98.9 Å². The van der Waals surface area contributed by atoms with Crippen LogP contribution >= 0.6 is 0 Å². The lowest BCUT2D eigenvalue weighted by atomic mass is 10.2. The summed E-state index contributed by atoms with van der Waals surface area (Å²) in [6.45, 7) is 3.56. The molecule has 0 bridgehead atoms. The molecule has 0 aliphatic heterocycles. The maximum Gasteiger partial charge on any atom is 0.247 e. The lowest BCUT2D eigenvalue weighted by Gasteiger charge is -1.97. The predicted octanol–water partition coefficient (Wildman–Crippen LogP) is 2.38. The highest BCUT2D eigenvalue weighted by molar-refractivity contribution is 5.51. The molecule has 4 nitrogen and oxygen atoms in total. The summed E-state index contributed by atoms with van der Waals surface area (Å²) in [6, 6.07) is 5.97. The van der Waals surface area contributed by atoms with Gasteiger partial charge in [0.05, 0.1) is 6.54 Å². The zero-order valence-electron chi connectivity index (χ0n) is 9.61. The van der Waals surface area contributed by atoms with Crippen molar-refractivity contribution in [3.63, 3.8) is 0 Å². The molecular formula is C12H14FN3O. The summed E-state index contributed by atoms with van der Waals surface area (Å²) < 4.78 is 18.2. The molecule has 0 radical (unpaired) electrons. The Kier molecular flexibility index (Phi) is 3.82. The molecule has 0 aliphatic carbocycles. The van der Waals surface area contributed by atoms with Gasteiger partial charge >= 0.3 is 0 Å². The van der Waals surface area contributed by atoms with Crippen LogP contribution in [0.3, 0.4) is 0 Å². The summed E-state index contributed by atoms with van der Waals surface area (Å²) in [5.74, 6) is 0.675. The SMILES string of the molecule is CCCNCc1nnc(-c2ccc(F)cc2)o1. The minimum absolute atomic E-state index is 0.280. The van der Waals surface area contributed by atoms with Crippen LogP contribution in [0, 0.1) is 5.82 Å². The highest BCUT2D eigenvalue weighted by Crippen LogP contribution is 2.17. The number of nitrogens with one attached hydrogen (secondary N) is 1. The molecule has 1 N–H and O–H groups in total. The monoisotopic (exact) mass is 235 g/mol. The fraction of sp³-hybridized carbons (Fsp3) is 0.333. The van der Waals surface area contributed by atoms with E-state index in [1.807, 2.05) is 0 Å². The molecule has 0 aliphatic rings. The van der Waals surface area contributed by atoms with E-state index in [4.69, 9.17) is 4.42 Å². The topological polar surface area (TPSA) is 51.0 Å². The van der Waals surface area contributed by atoms with E-state index in [9.17, 15) is 4.39 Å². The first kappa shape index (κ1) is 11.7. The Morgan fingerprint density at radius 1 is 1.24 bits per heavy atom. The third-order valence-electron chi connectivity index (χ3n) is 2.26. The van der Waals surface area contributed by atoms with Gasteiger partial charge in [-0.2, -0.15) is 0 Å². The summed E-state index contributed by atoms with van der Waals surface area (Å²) in [5, 5.41) is 11.0. The Hall–Kier alpha value is -1.75. The van der Waals surface area contributed by atoms with Gasteiger partial charge in [-0.15, -0.1) is 10.2 Å². The van der Waals surface area contributed by atoms with E-state index in [0.29, 0.717) is 18.3 Å². The molecule has 0 unspecified atom stereocenters. The highest BCUT2D eigenvalue weighted by Gasteiger charge is 2.07. The van der Waals surface area contributed by atoms with Crippen LogP contribution < -0.4 is 5.32 Å². The molecule has 1 aromatic heterocycles. The summed E-state index contributed by atoms with van der Waals surface area (Å²) >= 11 is 0. The standard InChI is InChI=1S/C12H14FN3O/c1-2-7-14-8-11-15-16-12(17-11)9-3-5-10(13)6-4-9/h3-6,14H,2,7-8H2,1H3. The Bertz CT molecular complexity index is 467. The predicted molar refractivity (Wildman–Crippen MR) is 61.7 cm³/mol. The molecule has 0 amide bonds. The summed E-state index contributed by atoms with van der Waals surface area (Å²) in [6.07, 6.45) is 1.05. The maximum atomic E-state index is 12.7. The van der Waals surface area contributed by atoms with Crippen LogP contribution in [0.5, 0.6) is 0 Å². The molecule has 5 heteroatoms. The van der Waals surface area contributed by atoms with Gasteiger partial charge in [-0.1, -0.05) is 6.92 Å². The minimum atomic E-state index is -0.280. The van der Waals surface area contributed by atoms with Crippen LogP contribution in [0.4, 0.5) is 4.39 Å². The molecule has 0 atom stereocenters. The number of hydrogen-bond donors (Lipinski definition) is 1. The van der Waals surface area contributed by atoms with E-state index in [-0.39, 0.29) is 5.82 Å². The highest BCUT2D eigenvalue weighted by atomic mass is 19.1. The fourth-order valence-corrected chi connectivity index (χ4v) is 1.41. The number of hydrogen-bond acceptors (Lipinski definition) is 4. The number of rotatable bonds is 5. The van der Waals surface area contributed by atoms with Gasteiger partial charge < -0.3 is 9.73 Å². The normalized spacial score (nSPS) is 10.7. The van der Waals surface area contributed by atoms with Crippen LogP contribution in [0.1, 0.15) is 19.2 Å². The largest absolute Gasteiger partial charge is 0.419 e. The second-order valence-corrected chi connectivity index (χ2v) is 3.68. The van der Waals surface area contributed by atoms with Crippen molar-refractivity contribution in [2.75, 3.05) is 6.54 Å². The van der Waals surface area contributed by atoms with Crippen LogP contribution in [0.15, 0.2) is 28.7 Å². The third kappa shape index (κ3) is 3.10. The van der Waals surface area contributed by atoms with Crippen molar-refractivity contribution >= 4 is 0 Å². The van der Waals surface area contributed by atoms with Gasteiger partial charge in [-0.3, -0.25) is 0 Å². The molecule has 1 heterocycles. The first-order valence-corrected chi connectivity index (χ1v) is 5.58. The average molecular weight is 235 g/mol. The minimum Gasteiger partial charge on any atom is -0.419 e. The third-order valence-corrected chi connectivity index (χ3v) is 2.26. The van der Waals surface area contributed by atoms with Crippen molar-refractivity contribution in [1.29, 1.82) is 0 Å². The van der Waals surface area contributed by atoms with Crippen molar-refractivity contribution in [1.82, 2.24) is 15.5 Å². The van der Waals surface area contributed by atoms with E-state index >= 15 is 0 Å². The summed E-state index contributed by atoms with van der Waals surface area (Å²) in [7, 11) is 0. The van der Waals surface area contributed by atoms with Crippen molar-refractivity contribution < 1.29 is 8.81 Å². The number of aromatic nitrogens is 2. The molecule has 2 rings (SSSR count). The van der Waals surface area contributed by atoms with E-state index in [1.165, 1.54) is 12.1 Å². The summed E-state index contributed by atoms with van der Waals surface area (Å²) in [5.41, 5.74) is 0.723. The quantitative estimate of drug-likeness (QED) is 0.808.